The number of thioether (sulfide) groups is 1. The van der Waals surface area contributed by atoms with E-state index >= 15 is 0 Å². The van der Waals surface area contributed by atoms with Crippen molar-refractivity contribution in [2.75, 3.05) is 31.3 Å². The third kappa shape index (κ3) is 5.30. The molecule has 1 amide bonds. The fourth-order valence-electron chi connectivity index (χ4n) is 3.16. The highest BCUT2D eigenvalue weighted by molar-refractivity contribution is 8.15. The predicted molar refractivity (Wildman–Crippen MR) is 102 cm³/mol. The number of carbonyl (C=O) groups is 2. The van der Waals surface area contributed by atoms with Gasteiger partial charge in [0.05, 0.1) is 17.5 Å². The highest BCUT2D eigenvalue weighted by Gasteiger charge is 2.48. The second-order valence-corrected chi connectivity index (χ2v) is 9.76. The fraction of sp³-hybridized carbons (Fsp3) is 0.471. The van der Waals surface area contributed by atoms with Crippen LogP contribution in [0.2, 0.25) is 0 Å². The number of aliphatic carboxylic acids is 1. The SMILES string of the molecule is O=C(O)COCC(=O)N=C1S[C@@H]2CS(=O)(=O)C[C@H]2N1CCc1ccccc1. The van der Waals surface area contributed by atoms with Gasteiger partial charge in [-0.25, -0.2) is 13.2 Å². The van der Waals surface area contributed by atoms with Gasteiger partial charge in [0, 0.05) is 11.8 Å². The van der Waals surface area contributed by atoms with Crippen LogP contribution in [0.4, 0.5) is 0 Å². The van der Waals surface area contributed by atoms with Gasteiger partial charge < -0.3 is 14.7 Å². The van der Waals surface area contributed by atoms with Gasteiger partial charge in [0.25, 0.3) is 5.91 Å². The third-order valence-corrected chi connectivity index (χ3v) is 7.58. The smallest absolute Gasteiger partial charge is 0.329 e. The van der Waals surface area contributed by atoms with Gasteiger partial charge in [-0.15, -0.1) is 0 Å². The molecule has 0 unspecified atom stereocenters. The first kappa shape index (κ1) is 19.8. The first-order valence-electron chi connectivity index (χ1n) is 8.43. The normalized spacial score (nSPS) is 24.9. The Bertz CT molecular complexity index is 840. The molecule has 10 heteroatoms. The molecular weight excluding hydrogens is 392 g/mol. The summed E-state index contributed by atoms with van der Waals surface area (Å²) in [5.74, 6) is -1.60. The van der Waals surface area contributed by atoms with Crippen LogP contribution >= 0.6 is 11.8 Å². The Morgan fingerprint density at radius 1 is 1.22 bits per heavy atom. The Labute approximate surface area is 161 Å². The van der Waals surface area contributed by atoms with Crippen LogP contribution in [0.15, 0.2) is 35.3 Å². The molecule has 146 valence electrons. The first-order valence-corrected chi connectivity index (χ1v) is 11.1. The fourth-order valence-corrected chi connectivity index (χ4v) is 7.15. The summed E-state index contributed by atoms with van der Waals surface area (Å²) in [6.07, 6.45) is 0.702. The zero-order chi connectivity index (χ0) is 19.4. The Morgan fingerprint density at radius 2 is 1.96 bits per heavy atom. The maximum absolute atomic E-state index is 12.0. The number of sulfone groups is 1. The monoisotopic (exact) mass is 412 g/mol. The van der Waals surface area contributed by atoms with E-state index in [0.717, 1.165) is 5.56 Å². The van der Waals surface area contributed by atoms with Crippen LogP contribution in [0.5, 0.6) is 0 Å². The molecule has 0 radical (unpaired) electrons. The Balaban J connectivity index is 1.70. The molecule has 1 N–H and O–H groups in total. The van der Waals surface area contributed by atoms with E-state index in [2.05, 4.69) is 4.99 Å². The number of ether oxygens (including phenoxy) is 1. The number of benzene rings is 1. The standard InChI is InChI=1S/C17H20N2O6S2/c20-15(8-25-9-16(21)22)18-17-19(7-6-12-4-2-1-3-5-12)13-10-27(23,24)11-14(13)26-17/h1-5,13-14H,6-11H2,(H,21,22)/t13-,14-/m1/s1. The summed E-state index contributed by atoms with van der Waals surface area (Å²) in [5.41, 5.74) is 1.11. The average Bonchev–Trinajstić information content (AvgIpc) is 3.04. The number of hydrogen-bond acceptors (Lipinski definition) is 6. The maximum atomic E-state index is 12.0. The lowest BCUT2D eigenvalue weighted by atomic mass is 10.1. The molecule has 0 bridgehead atoms. The average molecular weight is 412 g/mol. The number of carboxylic acid groups (broad SMARTS) is 1. The Morgan fingerprint density at radius 3 is 2.67 bits per heavy atom. The molecule has 2 aliphatic heterocycles. The number of carboxylic acids is 1. The molecule has 1 aromatic rings. The Kier molecular flexibility index (Phi) is 6.18. The van der Waals surface area contributed by atoms with Gasteiger partial charge in [-0.3, -0.25) is 4.79 Å². The minimum atomic E-state index is -3.09. The number of fused-ring (bicyclic) bond motifs is 1. The summed E-state index contributed by atoms with van der Waals surface area (Å²) in [5, 5.41) is 8.89. The van der Waals surface area contributed by atoms with Gasteiger partial charge in [-0.1, -0.05) is 42.1 Å². The van der Waals surface area contributed by atoms with E-state index < -0.39 is 34.9 Å². The van der Waals surface area contributed by atoms with Crippen LogP contribution in [0.25, 0.3) is 0 Å². The van der Waals surface area contributed by atoms with Crippen molar-refractivity contribution < 1.29 is 27.9 Å². The summed E-state index contributed by atoms with van der Waals surface area (Å²) in [6, 6.07) is 9.60. The molecule has 2 saturated heterocycles. The zero-order valence-electron chi connectivity index (χ0n) is 14.5. The van der Waals surface area contributed by atoms with Crippen LogP contribution in [0, 0.1) is 0 Å². The molecule has 2 atom stereocenters. The van der Waals surface area contributed by atoms with E-state index in [-0.39, 0.29) is 22.8 Å². The van der Waals surface area contributed by atoms with Crippen LogP contribution in [-0.4, -0.2) is 78.0 Å². The van der Waals surface area contributed by atoms with Crippen molar-refractivity contribution in [1.82, 2.24) is 4.90 Å². The van der Waals surface area contributed by atoms with Crippen molar-refractivity contribution in [3.8, 4) is 0 Å². The summed E-state index contributed by atoms with van der Waals surface area (Å²) in [4.78, 5) is 28.4. The van der Waals surface area contributed by atoms with Crippen molar-refractivity contribution in [3.63, 3.8) is 0 Å². The lowest BCUT2D eigenvalue weighted by Crippen LogP contribution is -2.39. The summed E-state index contributed by atoms with van der Waals surface area (Å²) in [7, 11) is -3.09. The van der Waals surface area contributed by atoms with Crippen LogP contribution in [-0.2, 0) is 30.6 Å². The largest absolute Gasteiger partial charge is 0.480 e. The topological polar surface area (TPSA) is 113 Å². The highest BCUT2D eigenvalue weighted by Crippen LogP contribution is 2.38. The second-order valence-electron chi connectivity index (χ2n) is 6.40. The summed E-state index contributed by atoms with van der Waals surface area (Å²) in [6.45, 7) is -0.433. The number of aliphatic imine (C=N–C) groups is 1. The minimum Gasteiger partial charge on any atom is -0.480 e. The molecule has 1 aromatic carbocycles. The molecule has 2 fully saturated rings. The van der Waals surface area contributed by atoms with Gasteiger partial charge in [-0.2, -0.15) is 4.99 Å². The van der Waals surface area contributed by atoms with E-state index in [1.165, 1.54) is 11.8 Å². The van der Waals surface area contributed by atoms with Gasteiger partial charge >= 0.3 is 5.97 Å². The van der Waals surface area contributed by atoms with Crippen molar-refractivity contribution in [2.24, 2.45) is 4.99 Å². The molecule has 2 aliphatic rings. The third-order valence-electron chi connectivity index (χ3n) is 4.33. The highest BCUT2D eigenvalue weighted by atomic mass is 32.2. The molecule has 0 spiro atoms. The first-order chi connectivity index (χ1) is 12.8. The van der Waals surface area contributed by atoms with Gasteiger partial charge in [0.2, 0.25) is 0 Å². The van der Waals surface area contributed by atoms with Crippen molar-refractivity contribution in [3.05, 3.63) is 35.9 Å². The molecule has 0 saturated carbocycles. The lowest BCUT2D eigenvalue weighted by Gasteiger charge is -2.24. The zero-order valence-corrected chi connectivity index (χ0v) is 16.1. The predicted octanol–water partition coefficient (Wildman–Crippen LogP) is 0.427. The summed E-state index contributed by atoms with van der Waals surface area (Å²) >= 11 is 1.30. The van der Waals surface area contributed by atoms with Crippen LogP contribution in [0.1, 0.15) is 5.56 Å². The molecule has 0 aromatic heterocycles. The molecule has 27 heavy (non-hydrogen) atoms. The molecule has 8 nitrogen and oxygen atoms in total. The van der Waals surface area contributed by atoms with Crippen molar-refractivity contribution in [2.45, 2.75) is 17.7 Å². The van der Waals surface area contributed by atoms with Gasteiger partial charge in [0.1, 0.15) is 13.2 Å². The number of amides is 1. The molecule has 3 rings (SSSR count). The number of amidine groups is 1. The number of nitrogens with zero attached hydrogens (tertiary/aromatic N) is 2. The number of carbonyl (C=O) groups excluding carboxylic acids is 1. The maximum Gasteiger partial charge on any atom is 0.329 e. The van der Waals surface area contributed by atoms with Crippen LogP contribution < -0.4 is 0 Å². The second kappa shape index (κ2) is 8.41. The molecule has 2 heterocycles. The van der Waals surface area contributed by atoms with Crippen LogP contribution in [0.3, 0.4) is 0 Å². The van der Waals surface area contributed by atoms with Crippen molar-refractivity contribution >= 4 is 38.6 Å². The quantitative estimate of drug-likeness (QED) is 0.686. The Hall–Kier alpha value is -1.91. The van der Waals surface area contributed by atoms with E-state index in [1.807, 2.05) is 35.2 Å². The van der Waals surface area contributed by atoms with E-state index in [0.29, 0.717) is 18.1 Å². The van der Waals surface area contributed by atoms with E-state index in [4.69, 9.17) is 9.84 Å². The summed E-state index contributed by atoms with van der Waals surface area (Å²) < 4.78 is 28.7. The minimum absolute atomic E-state index is 0.0577. The molecular formula is C17H20N2O6S2. The molecule has 0 aliphatic carbocycles. The number of rotatable bonds is 7. The van der Waals surface area contributed by atoms with Gasteiger partial charge in [-0.05, 0) is 12.0 Å². The lowest BCUT2D eigenvalue weighted by molar-refractivity contribution is -0.143. The number of hydrogen-bond donors (Lipinski definition) is 1. The van der Waals surface area contributed by atoms with E-state index in [1.54, 1.807) is 0 Å². The van der Waals surface area contributed by atoms with Gasteiger partial charge in [0.15, 0.2) is 15.0 Å². The van der Waals surface area contributed by atoms with E-state index in [9.17, 15) is 18.0 Å². The van der Waals surface area contributed by atoms with Crippen molar-refractivity contribution in [1.29, 1.82) is 0 Å².